The summed E-state index contributed by atoms with van der Waals surface area (Å²) in [5, 5.41) is 3.74. The third kappa shape index (κ3) is 5.98. The molecular weight excluding hydrogens is 596 g/mol. The van der Waals surface area contributed by atoms with Crippen LogP contribution in [0.3, 0.4) is 0 Å². The quantitative estimate of drug-likeness (QED) is 0.177. The highest BCUT2D eigenvalue weighted by Crippen LogP contribution is 2.46. The molecule has 0 saturated carbocycles. The summed E-state index contributed by atoms with van der Waals surface area (Å²) in [5.74, 6) is 0.314. The Morgan fingerprint density at radius 1 is 0.696 bits per heavy atom. The van der Waals surface area contributed by atoms with Gasteiger partial charge in [0.05, 0.1) is 15.8 Å². The predicted octanol–water partition coefficient (Wildman–Crippen LogP) is 13.0. The SMILES string of the molecule is CC(C)c1c(-c2ccc(-c3ccc(CC(C)(C)C(F)(F)F)cc3)cc2)sc2c(-c3cc(C(C)(C)C)c4ccccc4c3)nccc12. The molecule has 2 heterocycles. The molecular formula is C41H40F3NS. The van der Waals surface area contributed by atoms with E-state index >= 15 is 0 Å². The van der Waals surface area contributed by atoms with Gasteiger partial charge in [-0.05, 0) is 80.1 Å². The molecule has 0 aliphatic carbocycles. The highest BCUT2D eigenvalue weighted by Gasteiger charge is 2.46. The van der Waals surface area contributed by atoms with Crippen LogP contribution in [0.15, 0.2) is 97.2 Å². The van der Waals surface area contributed by atoms with Gasteiger partial charge in [0.15, 0.2) is 0 Å². The number of hydrogen-bond acceptors (Lipinski definition) is 2. The summed E-state index contributed by atoms with van der Waals surface area (Å²) in [6, 6.07) is 31.3. The second-order valence-electron chi connectivity index (χ2n) is 14.4. The summed E-state index contributed by atoms with van der Waals surface area (Å²) in [5.41, 5.74) is 6.84. The van der Waals surface area contributed by atoms with E-state index in [2.05, 4.69) is 101 Å². The average molecular weight is 636 g/mol. The lowest BCUT2D eigenvalue weighted by Crippen LogP contribution is -2.34. The molecule has 0 aliphatic heterocycles. The van der Waals surface area contributed by atoms with Gasteiger partial charge in [-0.1, -0.05) is 121 Å². The van der Waals surface area contributed by atoms with E-state index in [4.69, 9.17) is 4.98 Å². The van der Waals surface area contributed by atoms with Crippen molar-refractivity contribution in [2.45, 2.75) is 72.4 Å². The Bertz CT molecular complexity index is 2020. The second-order valence-corrected chi connectivity index (χ2v) is 15.4. The number of alkyl halides is 3. The summed E-state index contributed by atoms with van der Waals surface area (Å²) >= 11 is 1.80. The fourth-order valence-electron chi connectivity index (χ4n) is 6.34. The van der Waals surface area contributed by atoms with Crippen LogP contribution in [0.4, 0.5) is 13.2 Å². The van der Waals surface area contributed by atoms with Crippen LogP contribution in [-0.4, -0.2) is 11.2 Å². The van der Waals surface area contributed by atoms with Gasteiger partial charge in [0, 0.05) is 22.0 Å². The Hall–Kier alpha value is -3.96. The number of nitrogens with zero attached hydrogens (tertiary/aromatic N) is 1. The maximum atomic E-state index is 13.4. The first-order chi connectivity index (χ1) is 21.6. The Kier molecular flexibility index (Phi) is 8.13. The zero-order chi connectivity index (χ0) is 33.0. The first-order valence-electron chi connectivity index (χ1n) is 15.9. The Balaban J connectivity index is 1.39. The van der Waals surface area contributed by atoms with E-state index in [1.165, 1.54) is 50.7 Å². The molecule has 4 aromatic carbocycles. The van der Waals surface area contributed by atoms with Crippen molar-refractivity contribution in [3.05, 3.63) is 114 Å². The Morgan fingerprint density at radius 2 is 1.30 bits per heavy atom. The number of hydrogen-bond donors (Lipinski definition) is 0. The Morgan fingerprint density at radius 3 is 1.91 bits per heavy atom. The number of rotatable bonds is 6. The van der Waals surface area contributed by atoms with E-state index in [0.717, 1.165) is 27.9 Å². The van der Waals surface area contributed by atoms with Crippen LogP contribution < -0.4 is 0 Å². The average Bonchev–Trinajstić information content (AvgIpc) is 3.40. The number of thiophene rings is 1. The van der Waals surface area contributed by atoms with E-state index in [-0.39, 0.29) is 11.8 Å². The molecule has 0 atom stereocenters. The maximum absolute atomic E-state index is 13.4. The van der Waals surface area contributed by atoms with Gasteiger partial charge in [-0.2, -0.15) is 13.2 Å². The molecule has 0 N–H and O–H groups in total. The van der Waals surface area contributed by atoms with E-state index in [0.29, 0.717) is 11.5 Å². The summed E-state index contributed by atoms with van der Waals surface area (Å²) in [6.45, 7) is 13.8. The normalized spacial score (nSPS) is 12.8. The smallest absolute Gasteiger partial charge is 0.255 e. The van der Waals surface area contributed by atoms with Crippen LogP contribution in [0.2, 0.25) is 0 Å². The van der Waals surface area contributed by atoms with Crippen molar-refractivity contribution in [3.8, 4) is 32.8 Å². The molecule has 46 heavy (non-hydrogen) atoms. The molecule has 0 saturated heterocycles. The van der Waals surface area contributed by atoms with Gasteiger partial charge in [-0.25, -0.2) is 0 Å². The minimum absolute atomic E-state index is 0.0189. The van der Waals surface area contributed by atoms with Gasteiger partial charge >= 0.3 is 6.18 Å². The number of benzene rings is 4. The van der Waals surface area contributed by atoms with Gasteiger partial charge in [0.2, 0.25) is 0 Å². The third-order valence-corrected chi connectivity index (χ3v) is 10.3. The lowest BCUT2D eigenvalue weighted by atomic mass is 9.82. The molecule has 0 aliphatic rings. The molecule has 0 unspecified atom stereocenters. The lowest BCUT2D eigenvalue weighted by molar-refractivity contribution is -0.211. The van der Waals surface area contributed by atoms with Crippen LogP contribution in [0.1, 0.15) is 71.1 Å². The minimum Gasteiger partial charge on any atom is -0.255 e. The fraction of sp³-hybridized carbons (Fsp3) is 0.293. The summed E-state index contributed by atoms with van der Waals surface area (Å²) in [6.07, 6.45) is -2.35. The topological polar surface area (TPSA) is 12.9 Å². The fourth-order valence-corrected chi connectivity index (χ4v) is 7.81. The van der Waals surface area contributed by atoms with Crippen LogP contribution in [-0.2, 0) is 11.8 Å². The zero-order valence-electron chi connectivity index (χ0n) is 27.5. The standard InChI is InChI=1S/C41H40F3NS/c1-25(2)35-33-20-21-45-36(31-22-30-10-8-9-11-32(30)34(23-31)39(3,4)5)38(33)46-37(35)29-18-16-28(17-19-29)27-14-12-26(13-15-27)24-40(6,7)41(42,43)44/h8-23,25H,24H2,1-7H3. The van der Waals surface area contributed by atoms with Gasteiger partial charge in [0.1, 0.15) is 0 Å². The lowest BCUT2D eigenvalue weighted by Gasteiger charge is -2.27. The van der Waals surface area contributed by atoms with Crippen molar-refractivity contribution in [2.75, 3.05) is 0 Å². The van der Waals surface area contributed by atoms with Crippen LogP contribution >= 0.6 is 11.3 Å². The van der Waals surface area contributed by atoms with Crippen LogP contribution in [0.25, 0.3) is 53.7 Å². The second kappa shape index (κ2) is 11.7. The van der Waals surface area contributed by atoms with Crippen LogP contribution in [0.5, 0.6) is 0 Å². The molecule has 6 rings (SSSR count). The highest BCUT2D eigenvalue weighted by atomic mass is 32.1. The van der Waals surface area contributed by atoms with Crippen molar-refractivity contribution in [2.24, 2.45) is 5.41 Å². The predicted molar refractivity (Wildman–Crippen MR) is 190 cm³/mol. The molecule has 0 amide bonds. The van der Waals surface area contributed by atoms with E-state index in [1.54, 1.807) is 11.3 Å². The summed E-state index contributed by atoms with van der Waals surface area (Å²) in [7, 11) is 0. The maximum Gasteiger partial charge on any atom is 0.394 e. The first kappa shape index (κ1) is 32.0. The van der Waals surface area contributed by atoms with Crippen molar-refractivity contribution in [1.29, 1.82) is 0 Å². The van der Waals surface area contributed by atoms with Crippen molar-refractivity contribution in [3.63, 3.8) is 0 Å². The number of pyridine rings is 1. The molecule has 0 bridgehead atoms. The van der Waals surface area contributed by atoms with Crippen LogP contribution in [0, 0.1) is 5.41 Å². The van der Waals surface area contributed by atoms with Gasteiger partial charge < -0.3 is 0 Å². The number of fused-ring (bicyclic) bond motifs is 2. The molecule has 0 spiro atoms. The highest BCUT2D eigenvalue weighted by molar-refractivity contribution is 7.23. The molecule has 0 radical (unpaired) electrons. The molecule has 5 heteroatoms. The number of aromatic nitrogens is 1. The minimum atomic E-state index is -4.25. The molecule has 6 aromatic rings. The zero-order valence-corrected chi connectivity index (χ0v) is 28.3. The summed E-state index contributed by atoms with van der Waals surface area (Å²) in [4.78, 5) is 6.20. The molecule has 0 fully saturated rings. The molecule has 236 valence electrons. The van der Waals surface area contributed by atoms with Crippen molar-refractivity contribution < 1.29 is 13.2 Å². The van der Waals surface area contributed by atoms with Crippen molar-refractivity contribution >= 4 is 32.2 Å². The first-order valence-corrected chi connectivity index (χ1v) is 16.7. The van der Waals surface area contributed by atoms with Crippen molar-refractivity contribution in [1.82, 2.24) is 4.98 Å². The van der Waals surface area contributed by atoms with Gasteiger partial charge in [-0.15, -0.1) is 11.3 Å². The molecule has 2 aromatic heterocycles. The Labute approximate surface area is 274 Å². The van der Waals surface area contributed by atoms with E-state index < -0.39 is 11.6 Å². The van der Waals surface area contributed by atoms with Gasteiger partial charge in [0.25, 0.3) is 0 Å². The van der Waals surface area contributed by atoms with E-state index in [1.807, 2.05) is 30.5 Å². The monoisotopic (exact) mass is 635 g/mol. The third-order valence-electron chi connectivity index (χ3n) is 9.01. The largest absolute Gasteiger partial charge is 0.394 e. The number of halogens is 3. The van der Waals surface area contributed by atoms with Gasteiger partial charge in [-0.3, -0.25) is 4.98 Å². The van der Waals surface area contributed by atoms with E-state index in [9.17, 15) is 13.2 Å². The summed E-state index contributed by atoms with van der Waals surface area (Å²) < 4.78 is 41.4. The molecule has 1 nitrogen and oxygen atoms in total.